The molecule has 140 valence electrons. The van der Waals surface area contributed by atoms with E-state index in [1.807, 2.05) is 11.3 Å². The molecule has 2 aromatic heterocycles. The third-order valence-electron chi connectivity index (χ3n) is 6.08. The minimum absolute atomic E-state index is 0.529. The first-order valence-electron chi connectivity index (χ1n) is 10.3. The Labute approximate surface area is 164 Å². The second-order valence-corrected chi connectivity index (χ2v) is 9.03. The number of hydrogen-bond donors (Lipinski definition) is 2. The summed E-state index contributed by atoms with van der Waals surface area (Å²) < 4.78 is 0. The number of piperidine rings is 1. The summed E-state index contributed by atoms with van der Waals surface area (Å²) in [7, 11) is 0. The molecule has 5 rings (SSSR count). The van der Waals surface area contributed by atoms with Gasteiger partial charge in [-0.25, -0.2) is 9.97 Å². The van der Waals surface area contributed by atoms with E-state index in [1.54, 1.807) is 16.1 Å². The van der Waals surface area contributed by atoms with Crippen molar-refractivity contribution in [3.05, 3.63) is 52.7 Å². The van der Waals surface area contributed by atoms with Crippen LogP contribution in [0.15, 0.2) is 36.7 Å². The highest BCUT2D eigenvalue weighted by atomic mass is 32.1. The van der Waals surface area contributed by atoms with E-state index in [-0.39, 0.29) is 0 Å². The number of aryl methyl sites for hydroxylation is 2. The summed E-state index contributed by atoms with van der Waals surface area (Å²) in [5.74, 6) is 1.08. The van der Waals surface area contributed by atoms with Gasteiger partial charge in [-0.1, -0.05) is 30.3 Å². The Balaban J connectivity index is 1.27. The maximum atomic E-state index is 4.65. The first-order chi connectivity index (χ1) is 13.4. The zero-order valence-corrected chi connectivity index (χ0v) is 16.5. The number of hydrogen-bond acceptors (Lipinski definition) is 4. The van der Waals surface area contributed by atoms with Crippen molar-refractivity contribution >= 4 is 27.4 Å². The Kier molecular flexibility index (Phi) is 4.80. The van der Waals surface area contributed by atoms with Crippen molar-refractivity contribution in [2.24, 2.45) is 0 Å². The van der Waals surface area contributed by atoms with Crippen LogP contribution in [0.25, 0.3) is 10.2 Å². The number of benzene rings is 1. The van der Waals surface area contributed by atoms with Gasteiger partial charge in [-0.05, 0) is 31.2 Å². The van der Waals surface area contributed by atoms with E-state index in [2.05, 4.69) is 45.6 Å². The summed E-state index contributed by atoms with van der Waals surface area (Å²) in [6, 6.07) is 11.4. The van der Waals surface area contributed by atoms with Gasteiger partial charge in [-0.3, -0.25) is 0 Å². The molecule has 5 heteroatoms. The summed E-state index contributed by atoms with van der Waals surface area (Å²) in [4.78, 5) is 13.6. The lowest BCUT2D eigenvalue weighted by Gasteiger charge is -2.30. The lowest BCUT2D eigenvalue weighted by Crippen LogP contribution is -3.12. The summed E-state index contributed by atoms with van der Waals surface area (Å²) in [6.07, 6.45) is 9.18. The molecule has 0 spiro atoms. The van der Waals surface area contributed by atoms with Crippen molar-refractivity contribution in [1.29, 1.82) is 0 Å². The maximum absolute atomic E-state index is 4.65. The molecule has 4 nitrogen and oxygen atoms in total. The molecular formula is C22H27N4S+. The number of aromatic nitrogens is 2. The topological polar surface area (TPSA) is 42.2 Å². The van der Waals surface area contributed by atoms with Crippen LogP contribution in [0.1, 0.15) is 41.7 Å². The van der Waals surface area contributed by atoms with Crippen molar-refractivity contribution in [2.75, 3.05) is 18.4 Å². The molecule has 1 saturated heterocycles. The highest BCUT2D eigenvalue weighted by Crippen LogP contribution is 2.38. The van der Waals surface area contributed by atoms with E-state index in [9.17, 15) is 0 Å². The van der Waals surface area contributed by atoms with Gasteiger partial charge in [-0.2, -0.15) is 0 Å². The van der Waals surface area contributed by atoms with Gasteiger partial charge in [0, 0.05) is 29.3 Å². The lowest BCUT2D eigenvalue weighted by molar-refractivity contribution is -0.918. The van der Waals surface area contributed by atoms with Gasteiger partial charge in [-0.15, -0.1) is 11.3 Å². The molecule has 0 bridgehead atoms. The number of fused-ring (bicyclic) bond motifs is 3. The van der Waals surface area contributed by atoms with E-state index in [4.69, 9.17) is 0 Å². The van der Waals surface area contributed by atoms with Gasteiger partial charge in [0.15, 0.2) is 0 Å². The van der Waals surface area contributed by atoms with E-state index in [0.717, 1.165) is 12.4 Å². The SMILES string of the molecule is c1ccc(C[NH+]2CCC(Nc3ncnc4sc5c(c34)CCCC5)CC2)cc1. The van der Waals surface area contributed by atoms with Crippen LogP contribution in [0.3, 0.4) is 0 Å². The minimum atomic E-state index is 0.529. The summed E-state index contributed by atoms with van der Waals surface area (Å²) >= 11 is 1.88. The van der Waals surface area contributed by atoms with Crippen LogP contribution in [0.5, 0.6) is 0 Å². The monoisotopic (exact) mass is 379 g/mol. The molecule has 2 N–H and O–H groups in total. The van der Waals surface area contributed by atoms with Gasteiger partial charge < -0.3 is 10.2 Å². The van der Waals surface area contributed by atoms with Crippen molar-refractivity contribution in [3.8, 4) is 0 Å². The van der Waals surface area contributed by atoms with Crippen LogP contribution in [0, 0.1) is 0 Å². The highest BCUT2D eigenvalue weighted by molar-refractivity contribution is 7.19. The average Bonchev–Trinajstić information content (AvgIpc) is 3.10. The second kappa shape index (κ2) is 7.56. The fourth-order valence-corrected chi connectivity index (χ4v) is 5.85. The van der Waals surface area contributed by atoms with E-state index >= 15 is 0 Å². The molecule has 1 aliphatic heterocycles. The number of rotatable bonds is 4. The second-order valence-electron chi connectivity index (χ2n) is 7.94. The van der Waals surface area contributed by atoms with Crippen LogP contribution >= 0.6 is 11.3 Å². The normalized spacial score (nSPS) is 22.5. The van der Waals surface area contributed by atoms with E-state index in [1.165, 1.54) is 73.0 Å². The van der Waals surface area contributed by atoms with Gasteiger partial charge in [0.1, 0.15) is 23.5 Å². The van der Waals surface area contributed by atoms with Crippen molar-refractivity contribution in [2.45, 2.75) is 51.1 Å². The average molecular weight is 380 g/mol. The molecule has 1 aliphatic carbocycles. The summed E-state index contributed by atoms with van der Waals surface area (Å²) in [5, 5.41) is 5.10. The number of thiophene rings is 1. The standard InChI is InChI=1S/C22H26N4S/c1-2-6-16(7-3-1)14-26-12-10-17(11-13-26)25-21-20-18-8-4-5-9-19(18)27-22(20)24-15-23-21/h1-3,6-7,15,17H,4-5,8-14H2,(H,23,24,25)/p+1. The van der Waals surface area contributed by atoms with Crippen molar-refractivity contribution < 1.29 is 4.90 Å². The van der Waals surface area contributed by atoms with Gasteiger partial charge in [0.25, 0.3) is 0 Å². The predicted octanol–water partition coefficient (Wildman–Crippen LogP) is 3.23. The smallest absolute Gasteiger partial charge is 0.138 e. The number of nitrogens with zero attached hydrogens (tertiary/aromatic N) is 2. The number of likely N-dealkylation sites (tertiary alicyclic amines) is 1. The summed E-state index contributed by atoms with van der Waals surface area (Å²) in [6.45, 7) is 3.59. The molecule has 0 atom stereocenters. The largest absolute Gasteiger partial charge is 0.366 e. The molecule has 27 heavy (non-hydrogen) atoms. The van der Waals surface area contributed by atoms with Crippen molar-refractivity contribution in [1.82, 2.24) is 9.97 Å². The van der Waals surface area contributed by atoms with Crippen LogP contribution in [-0.4, -0.2) is 29.1 Å². The number of anilines is 1. The molecular weight excluding hydrogens is 352 g/mol. The molecule has 0 unspecified atom stereocenters. The number of quaternary nitrogens is 1. The third-order valence-corrected chi connectivity index (χ3v) is 7.28. The fraction of sp³-hybridized carbons (Fsp3) is 0.455. The van der Waals surface area contributed by atoms with Gasteiger partial charge in [0.05, 0.1) is 18.5 Å². The number of nitrogens with one attached hydrogen (secondary N) is 2. The van der Waals surface area contributed by atoms with E-state index < -0.39 is 0 Å². The maximum Gasteiger partial charge on any atom is 0.138 e. The minimum Gasteiger partial charge on any atom is -0.366 e. The first kappa shape index (κ1) is 17.1. The Morgan fingerprint density at radius 3 is 2.70 bits per heavy atom. The van der Waals surface area contributed by atoms with Crippen molar-refractivity contribution in [3.63, 3.8) is 0 Å². The van der Waals surface area contributed by atoms with E-state index in [0.29, 0.717) is 6.04 Å². The Morgan fingerprint density at radius 2 is 1.85 bits per heavy atom. The molecule has 0 radical (unpaired) electrons. The Hall–Kier alpha value is -1.98. The predicted molar refractivity (Wildman–Crippen MR) is 112 cm³/mol. The Morgan fingerprint density at radius 1 is 1.04 bits per heavy atom. The molecule has 2 aliphatic rings. The lowest BCUT2D eigenvalue weighted by atomic mass is 9.96. The van der Waals surface area contributed by atoms with Gasteiger partial charge >= 0.3 is 0 Å². The first-order valence-corrected chi connectivity index (χ1v) is 11.1. The summed E-state index contributed by atoms with van der Waals surface area (Å²) in [5.41, 5.74) is 2.97. The quantitative estimate of drug-likeness (QED) is 0.731. The van der Waals surface area contributed by atoms with Crippen LogP contribution in [0.2, 0.25) is 0 Å². The molecule has 0 saturated carbocycles. The zero-order chi connectivity index (χ0) is 18.1. The zero-order valence-electron chi connectivity index (χ0n) is 15.7. The van der Waals surface area contributed by atoms with Crippen LogP contribution in [-0.2, 0) is 19.4 Å². The fourth-order valence-electron chi connectivity index (χ4n) is 4.62. The Bertz CT molecular complexity index is 913. The molecule has 1 fully saturated rings. The molecule has 1 aromatic carbocycles. The highest BCUT2D eigenvalue weighted by Gasteiger charge is 2.25. The van der Waals surface area contributed by atoms with Crippen LogP contribution in [0.4, 0.5) is 5.82 Å². The molecule has 0 amide bonds. The van der Waals surface area contributed by atoms with Gasteiger partial charge in [0.2, 0.25) is 0 Å². The van der Waals surface area contributed by atoms with Crippen LogP contribution < -0.4 is 10.2 Å². The molecule has 3 aromatic rings. The third kappa shape index (κ3) is 3.58. The molecule has 3 heterocycles.